The summed E-state index contributed by atoms with van der Waals surface area (Å²) in [6.07, 6.45) is -0.238. The van der Waals surface area contributed by atoms with E-state index < -0.39 is 11.7 Å². The Morgan fingerprint density at radius 2 is 1.93 bits per heavy atom. The molecule has 0 aliphatic heterocycles. The predicted octanol–water partition coefficient (Wildman–Crippen LogP) is 1.58. The fourth-order valence-corrected chi connectivity index (χ4v) is 0.910. The van der Waals surface area contributed by atoms with Crippen LogP contribution in [-0.2, 0) is 19.0 Å². The smallest absolute Gasteiger partial charge is 0.335 e. The average Bonchev–Trinajstić information content (AvgIpc) is 2.09. The Morgan fingerprint density at radius 3 is 2.33 bits per heavy atom. The maximum absolute atomic E-state index is 11.6. The molecule has 1 radical (unpaired) electrons. The lowest BCUT2D eigenvalue weighted by Crippen LogP contribution is -2.33. The zero-order valence-electron chi connectivity index (χ0n) is 10.0. The van der Waals surface area contributed by atoms with E-state index in [2.05, 4.69) is 6.92 Å². The van der Waals surface area contributed by atoms with Crippen molar-refractivity contribution in [2.75, 3.05) is 20.3 Å². The van der Waals surface area contributed by atoms with Gasteiger partial charge in [-0.3, -0.25) is 0 Å². The van der Waals surface area contributed by atoms with E-state index in [1.54, 1.807) is 7.11 Å². The number of carbonyl (C=O) groups is 1. The molecular formula is C11H21O4. The molecule has 1 atom stereocenters. The number of hydrogen-bond acceptors (Lipinski definition) is 4. The Morgan fingerprint density at radius 1 is 1.33 bits per heavy atom. The Hall–Kier alpha value is -0.610. The summed E-state index contributed by atoms with van der Waals surface area (Å²) in [5, 5.41) is 0. The first-order valence-corrected chi connectivity index (χ1v) is 5.03. The SMILES string of the molecule is [CH2]CC(OCCOC)C(=O)OC(C)(C)C. The highest BCUT2D eigenvalue weighted by Crippen LogP contribution is 2.11. The topological polar surface area (TPSA) is 44.8 Å². The molecule has 4 heteroatoms. The number of rotatable bonds is 6. The lowest BCUT2D eigenvalue weighted by molar-refractivity contribution is -0.169. The molecule has 0 saturated carbocycles. The largest absolute Gasteiger partial charge is 0.458 e. The third-order valence-electron chi connectivity index (χ3n) is 1.54. The zero-order chi connectivity index (χ0) is 11.9. The van der Waals surface area contributed by atoms with Crippen molar-refractivity contribution in [3.05, 3.63) is 6.92 Å². The van der Waals surface area contributed by atoms with Gasteiger partial charge in [0.25, 0.3) is 0 Å². The monoisotopic (exact) mass is 217 g/mol. The fraction of sp³-hybridized carbons (Fsp3) is 0.818. The van der Waals surface area contributed by atoms with Gasteiger partial charge in [-0.25, -0.2) is 4.79 Å². The van der Waals surface area contributed by atoms with Crippen molar-refractivity contribution in [1.29, 1.82) is 0 Å². The summed E-state index contributed by atoms with van der Waals surface area (Å²) >= 11 is 0. The van der Waals surface area contributed by atoms with Gasteiger partial charge in [0, 0.05) is 7.11 Å². The minimum Gasteiger partial charge on any atom is -0.458 e. The quantitative estimate of drug-likeness (QED) is 0.500. The Labute approximate surface area is 91.9 Å². The number of carbonyl (C=O) groups excluding carboxylic acids is 1. The van der Waals surface area contributed by atoms with Crippen LogP contribution in [-0.4, -0.2) is 38.0 Å². The number of esters is 1. The number of methoxy groups -OCH3 is 1. The van der Waals surface area contributed by atoms with E-state index in [0.29, 0.717) is 19.6 Å². The van der Waals surface area contributed by atoms with Crippen molar-refractivity contribution < 1.29 is 19.0 Å². The molecule has 89 valence electrons. The molecule has 15 heavy (non-hydrogen) atoms. The predicted molar refractivity (Wildman–Crippen MR) is 57.4 cm³/mol. The minimum absolute atomic E-state index is 0.360. The molecule has 1 unspecified atom stereocenters. The van der Waals surface area contributed by atoms with Crippen LogP contribution < -0.4 is 0 Å². The van der Waals surface area contributed by atoms with Gasteiger partial charge in [-0.15, -0.1) is 0 Å². The highest BCUT2D eigenvalue weighted by Gasteiger charge is 2.24. The second-order valence-electron chi connectivity index (χ2n) is 4.17. The molecule has 0 aromatic carbocycles. The molecule has 0 rings (SSSR count). The van der Waals surface area contributed by atoms with E-state index in [-0.39, 0.29) is 5.97 Å². The minimum atomic E-state index is -0.598. The molecule has 0 aromatic rings. The molecule has 0 aliphatic carbocycles. The maximum atomic E-state index is 11.6. The van der Waals surface area contributed by atoms with E-state index in [0.717, 1.165) is 0 Å². The van der Waals surface area contributed by atoms with Crippen molar-refractivity contribution in [3.8, 4) is 0 Å². The molecule has 0 aliphatic rings. The highest BCUT2D eigenvalue weighted by molar-refractivity contribution is 5.75. The summed E-state index contributed by atoms with van der Waals surface area (Å²) in [6.45, 7) is 9.94. The summed E-state index contributed by atoms with van der Waals surface area (Å²) < 4.78 is 15.3. The van der Waals surface area contributed by atoms with Gasteiger partial charge in [0.15, 0.2) is 6.10 Å². The van der Waals surface area contributed by atoms with E-state index in [9.17, 15) is 4.79 Å². The first-order valence-electron chi connectivity index (χ1n) is 5.03. The van der Waals surface area contributed by atoms with Gasteiger partial charge in [0.1, 0.15) is 5.60 Å². The lowest BCUT2D eigenvalue weighted by Gasteiger charge is -2.23. The second-order valence-corrected chi connectivity index (χ2v) is 4.17. The Kier molecular flexibility index (Phi) is 6.52. The van der Waals surface area contributed by atoms with Crippen molar-refractivity contribution in [2.45, 2.75) is 38.9 Å². The standard InChI is InChI=1S/C11H21O4/c1-6-9(14-8-7-13-5)10(12)15-11(2,3)4/h9H,1,6-8H2,2-5H3. The van der Waals surface area contributed by atoms with Gasteiger partial charge in [-0.1, -0.05) is 6.92 Å². The first kappa shape index (κ1) is 14.4. The van der Waals surface area contributed by atoms with Gasteiger partial charge in [0.2, 0.25) is 0 Å². The molecule has 0 amide bonds. The second kappa shape index (κ2) is 6.80. The number of ether oxygens (including phenoxy) is 3. The van der Waals surface area contributed by atoms with Gasteiger partial charge in [-0.05, 0) is 27.2 Å². The molecule has 0 heterocycles. The Balaban J connectivity index is 3.99. The van der Waals surface area contributed by atoms with Crippen LogP contribution in [0.25, 0.3) is 0 Å². The number of hydrogen-bond donors (Lipinski definition) is 0. The summed E-state index contributed by atoms with van der Waals surface area (Å²) in [4.78, 5) is 11.6. The molecule has 0 saturated heterocycles. The third kappa shape index (κ3) is 7.33. The normalized spacial score (nSPS) is 13.7. The molecule has 0 aromatic heterocycles. The van der Waals surface area contributed by atoms with Gasteiger partial charge in [-0.2, -0.15) is 0 Å². The van der Waals surface area contributed by atoms with Crippen LogP contribution in [0.15, 0.2) is 0 Å². The Bertz CT molecular complexity index is 184. The third-order valence-corrected chi connectivity index (χ3v) is 1.54. The highest BCUT2D eigenvalue weighted by atomic mass is 16.6. The van der Waals surface area contributed by atoms with E-state index in [4.69, 9.17) is 14.2 Å². The van der Waals surface area contributed by atoms with Crippen LogP contribution in [0.5, 0.6) is 0 Å². The van der Waals surface area contributed by atoms with E-state index >= 15 is 0 Å². The van der Waals surface area contributed by atoms with Crippen LogP contribution in [0, 0.1) is 6.92 Å². The van der Waals surface area contributed by atoms with E-state index in [1.807, 2.05) is 20.8 Å². The van der Waals surface area contributed by atoms with Crippen LogP contribution >= 0.6 is 0 Å². The van der Waals surface area contributed by atoms with E-state index in [1.165, 1.54) is 0 Å². The van der Waals surface area contributed by atoms with Crippen LogP contribution in [0.4, 0.5) is 0 Å². The van der Waals surface area contributed by atoms with Crippen LogP contribution in [0.2, 0.25) is 0 Å². The van der Waals surface area contributed by atoms with Crippen molar-refractivity contribution in [2.24, 2.45) is 0 Å². The molecular weight excluding hydrogens is 196 g/mol. The molecule has 0 spiro atoms. The van der Waals surface area contributed by atoms with Crippen molar-refractivity contribution in [1.82, 2.24) is 0 Å². The first-order chi connectivity index (χ1) is 6.90. The van der Waals surface area contributed by atoms with Gasteiger partial charge in [0.05, 0.1) is 13.2 Å². The van der Waals surface area contributed by atoms with Gasteiger partial charge < -0.3 is 14.2 Å². The summed E-state index contributed by atoms with van der Waals surface area (Å²) in [7, 11) is 1.58. The molecule has 0 fully saturated rings. The maximum Gasteiger partial charge on any atom is 0.335 e. The summed E-state index contributed by atoms with van der Waals surface area (Å²) in [5.74, 6) is -0.367. The van der Waals surface area contributed by atoms with Gasteiger partial charge >= 0.3 is 5.97 Å². The molecule has 0 bridgehead atoms. The molecule has 0 N–H and O–H groups in total. The average molecular weight is 217 g/mol. The summed E-state index contributed by atoms with van der Waals surface area (Å²) in [5.41, 5.74) is -0.491. The van der Waals surface area contributed by atoms with Crippen LogP contribution in [0.3, 0.4) is 0 Å². The zero-order valence-corrected chi connectivity index (χ0v) is 10.0. The fourth-order valence-electron chi connectivity index (χ4n) is 0.910. The van der Waals surface area contributed by atoms with Crippen molar-refractivity contribution >= 4 is 5.97 Å². The molecule has 4 nitrogen and oxygen atoms in total. The van der Waals surface area contributed by atoms with Crippen molar-refractivity contribution in [3.63, 3.8) is 0 Å². The lowest BCUT2D eigenvalue weighted by atomic mass is 10.2. The summed E-state index contributed by atoms with van der Waals surface area (Å²) in [6, 6.07) is 0. The van der Waals surface area contributed by atoms with Crippen LogP contribution in [0.1, 0.15) is 27.2 Å².